The number of rotatable bonds is 4. The lowest BCUT2D eigenvalue weighted by Gasteiger charge is -2.04. The highest BCUT2D eigenvalue weighted by atomic mass is 35.5. The maximum atomic E-state index is 11.9. The predicted octanol–water partition coefficient (Wildman–Crippen LogP) is 1.22. The molecule has 6 nitrogen and oxygen atoms in total. The minimum Gasteiger partial charge on any atom is -0.346 e. The van der Waals surface area contributed by atoms with E-state index in [1.165, 1.54) is 10.9 Å². The summed E-state index contributed by atoms with van der Waals surface area (Å²) in [6.07, 6.45) is 5.07. The summed E-state index contributed by atoms with van der Waals surface area (Å²) >= 11 is 5.89. The number of amides is 1. The molecule has 0 aliphatic rings. The summed E-state index contributed by atoms with van der Waals surface area (Å²) in [5, 5.41) is 11.2. The first-order valence-corrected chi connectivity index (χ1v) is 5.96. The van der Waals surface area contributed by atoms with Crippen LogP contribution < -0.4 is 5.32 Å². The molecule has 0 radical (unpaired) electrons. The maximum absolute atomic E-state index is 11.9. The molecule has 0 aromatic carbocycles. The minimum absolute atomic E-state index is 0.246. The van der Waals surface area contributed by atoms with Crippen LogP contribution in [0.15, 0.2) is 18.6 Å². The molecule has 0 fully saturated rings. The Morgan fingerprint density at radius 3 is 2.78 bits per heavy atom. The highest BCUT2D eigenvalue weighted by molar-refractivity contribution is 6.33. The van der Waals surface area contributed by atoms with Crippen molar-refractivity contribution < 1.29 is 4.79 Å². The minimum atomic E-state index is -0.246. The quantitative estimate of drug-likeness (QED) is 0.906. The zero-order valence-electron chi connectivity index (χ0n) is 10.2. The van der Waals surface area contributed by atoms with Gasteiger partial charge in [-0.3, -0.25) is 14.2 Å². The topological polar surface area (TPSA) is 64.7 Å². The van der Waals surface area contributed by atoms with E-state index < -0.39 is 0 Å². The van der Waals surface area contributed by atoms with Crippen LogP contribution in [0.4, 0.5) is 0 Å². The summed E-state index contributed by atoms with van der Waals surface area (Å²) in [7, 11) is 1.68. The van der Waals surface area contributed by atoms with Crippen LogP contribution >= 0.6 is 11.6 Å². The SMILES string of the molecule is CCn1cc(CNC(=O)c2c(Cl)cnn2C)cn1. The van der Waals surface area contributed by atoms with Gasteiger partial charge in [-0.05, 0) is 6.92 Å². The standard InChI is InChI=1S/C11H14ClN5O/c1-3-17-7-8(5-15-17)4-13-11(18)10-9(12)6-14-16(10)2/h5-7H,3-4H2,1-2H3,(H,13,18). The molecule has 0 atom stereocenters. The van der Waals surface area contributed by atoms with Crippen LogP contribution in [0, 0.1) is 0 Å². The number of carbonyl (C=O) groups is 1. The van der Waals surface area contributed by atoms with Gasteiger partial charge in [-0.2, -0.15) is 10.2 Å². The lowest BCUT2D eigenvalue weighted by Crippen LogP contribution is -2.25. The second-order valence-electron chi connectivity index (χ2n) is 3.85. The molecule has 1 amide bonds. The molecule has 2 aromatic rings. The largest absolute Gasteiger partial charge is 0.346 e. The van der Waals surface area contributed by atoms with Gasteiger partial charge in [0.25, 0.3) is 5.91 Å². The van der Waals surface area contributed by atoms with E-state index in [1.54, 1.807) is 17.9 Å². The number of aromatic nitrogens is 4. The summed E-state index contributed by atoms with van der Waals surface area (Å²) in [5.74, 6) is -0.246. The van der Waals surface area contributed by atoms with Crippen LogP contribution in [0.2, 0.25) is 5.02 Å². The fraction of sp³-hybridized carbons (Fsp3) is 0.364. The Morgan fingerprint density at radius 2 is 2.22 bits per heavy atom. The van der Waals surface area contributed by atoms with Crippen molar-refractivity contribution in [2.24, 2.45) is 7.05 Å². The second-order valence-corrected chi connectivity index (χ2v) is 4.26. The molecule has 0 unspecified atom stereocenters. The molecule has 7 heteroatoms. The summed E-state index contributed by atoms with van der Waals surface area (Å²) in [6.45, 7) is 3.23. The summed E-state index contributed by atoms with van der Waals surface area (Å²) in [6, 6.07) is 0. The Labute approximate surface area is 110 Å². The number of hydrogen-bond acceptors (Lipinski definition) is 3. The van der Waals surface area contributed by atoms with Gasteiger partial charge in [-0.15, -0.1) is 0 Å². The first-order valence-electron chi connectivity index (χ1n) is 5.58. The molecule has 0 aliphatic heterocycles. The Morgan fingerprint density at radius 1 is 1.44 bits per heavy atom. The Kier molecular flexibility index (Phi) is 3.66. The van der Waals surface area contributed by atoms with E-state index in [1.807, 2.05) is 13.1 Å². The maximum Gasteiger partial charge on any atom is 0.271 e. The third-order valence-electron chi connectivity index (χ3n) is 2.57. The van der Waals surface area contributed by atoms with Gasteiger partial charge in [0.2, 0.25) is 0 Å². The third kappa shape index (κ3) is 2.53. The molecule has 0 saturated heterocycles. The van der Waals surface area contributed by atoms with Crippen LogP contribution in [-0.2, 0) is 20.1 Å². The van der Waals surface area contributed by atoms with E-state index in [9.17, 15) is 4.79 Å². The zero-order valence-corrected chi connectivity index (χ0v) is 11.0. The Hall–Kier alpha value is -1.82. The summed E-state index contributed by atoms with van der Waals surface area (Å²) in [4.78, 5) is 11.9. The zero-order chi connectivity index (χ0) is 13.1. The third-order valence-corrected chi connectivity index (χ3v) is 2.85. The highest BCUT2D eigenvalue weighted by Gasteiger charge is 2.15. The van der Waals surface area contributed by atoms with Crippen LogP contribution in [0.5, 0.6) is 0 Å². The van der Waals surface area contributed by atoms with Gasteiger partial charge in [0, 0.05) is 31.9 Å². The van der Waals surface area contributed by atoms with Gasteiger partial charge < -0.3 is 5.32 Å². The van der Waals surface area contributed by atoms with Crippen molar-refractivity contribution >= 4 is 17.5 Å². The molecule has 18 heavy (non-hydrogen) atoms. The first kappa shape index (κ1) is 12.6. The smallest absolute Gasteiger partial charge is 0.271 e. The van der Waals surface area contributed by atoms with E-state index >= 15 is 0 Å². The van der Waals surface area contributed by atoms with Crippen LogP contribution in [0.25, 0.3) is 0 Å². The first-order chi connectivity index (χ1) is 8.61. The highest BCUT2D eigenvalue weighted by Crippen LogP contribution is 2.13. The number of halogens is 1. The number of nitrogens with zero attached hydrogens (tertiary/aromatic N) is 4. The van der Waals surface area contributed by atoms with Gasteiger partial charge in [-0.1, -0.05) is 11.6 Å². The van der Waals surface area contributed by atoms with E-state index in [-0.39, 0.29) is 5.91 Å². The molecule has 1 N–H and O–H groups in total. The van der Waals surface area contributed by atoms with Crippen LogP contribution in [0.1, 0.15) is 23.0 Å². The van der Waals surface area contributed by atoms with Crippen LogP contribution in [0.3, 0.4) is 0 Å². The fourth-order valence-corrected chi connectivity index (χ4v) is 1.85. The molecule has 0 saturated carbocycles. The lowest BCUT2D eigenvalue weighted by molar-refractivity contribution is 0.0941. The summed E-state index contributed by atoms with van der Waals surface area (Å²) < 4.78 is 3.26. The number of nitrogens with one attached hydrogen (secondary N) is 1. The molecule has 0 spiro atoms. The van der Waals surface area contributed by atoms with Crippen LogP contribution in [-0.4, -0.2) is 25.5 Å². The molecule has 0 bridgehead atoms. The van der Waals surface area contributed by atoms with Gasteiger partial charge in [0.1, 0.15) is 5.69 Å². The number of aryl methyl sites for hydroxylation is 2. The second kappa shape index (κ2) is 5.22. The molecule has 2 aromatic heterocycles. The van der Waals surface area contributed by atoms with Gasteiger partial charge >= 0.3 is 0 Å². The molecule has 0 aliphatic carbocycles. The van der Waals surface area contributed by atoms with Crippen molar-refractivity contribution in [2.75, 3.05) is 0 Å². The number of hydrogen-bond donors (Lipinski definition) is 1. The van der Waals surface area contributed by atoms with Gasteiger partial charge in [-0.25, -0.2) is 0 Å². The van der Waals surface area contributed by atoms with Crippen molar-refractivity contribution in [3.05, 3.63) is 34.9 Å². The molecular weight excluding hydrogens is 254 g/mol. The van der Waals surface area contributed by atoms with E-state index in [0.717, 1.165) is 12.1 Å². The number of carbonyl (C=O) groups excluding carboxylic acids is 1. The summed E-state index contributed by atoms with van der Waals surface area (Å²) in [5.41, 5.74) is 1.31. The van der Waals surface area contributed by atoms with Crippen molar-refractivity contribution in [1.29, 1.82) is 0 Å². The average molecular weight is 268 g/mol. The van der Waals surface area contributed by atoms with Gasteiger partial charge in [0.05, 0.1) is 17.4 Å². The van der Waals surface area contributed by atoms with Gasteiger partial charge in [0.15, 0.2) is 0 Å². The average Bonchev–Trinajstić information content (AvgIpc) is 2.93. The molecule has 2 rings (SSSR count). The fourth-order valence-electron chi connectivity index (χ4n) is 1.60. The van der Waals surface area contributed by atoms with Crippen molar-refractivity contribution in [3.63, 3.8) is 0 Å². The molecule has 2 heterocycles. The monoisotopic (exact) mass is 267 g/mol. The Bertz CT molecular complexity index is 540. The van der Waals surface area contributed by atoms with E-state index in [0.29, 0.717) is 17.3 Å². The van der Waals surface area contributed by atoms with Crippen molar-refractivity contribution in [2.45, 2.75) is 20.0 Å². The van der Waals surface area contributed by atoms with E-state index in [4.69, 9.17) is 11.6 Å². The molecular formula is C11H14ClN5O. The normalized spacial score (nSPS) is 10.6. The Balaban J connectivity index is 2.00. The predicted molar refractivity (Wildman–Crippen MR) is 67.3 cm³/mol. The van der Waals surface area contributed by atoms with Crippen molar-refractivity contribution in [1.82, 2.24) is 24.9 Å². The van der Waals surface area contributed by atoms with E-state index in [2.05, 4.69) is 15.5 Å². The lowest BCUT2D eigenvalue weighted by atomic mass is 10.3. The van der Waals surface area contributed by atoms with Crippen molar-refractivity contribution in [3.8, 4) is 0 Å². The molecule has 96 valence electrons.